The van der Waals surface area contributed by atoms with Crippen molar-refractivity contribution in [2.75, 3.05) is 7.05 Å². The van der Waals surface area contributed by atoms with Gasteiger partial charge in [-0.2, -0.15) is 5.10 Å². The normalized spacial score (nSPS) is 12.9. The molecule has 0 amide bonds. The van der Waals surface area contributed by atoms with Gasteiger partial charge in [-0.05, 0) is 32.7 Å². The summed E-state index contributed by atoms with van der Waals surface area (Å²) in [7, 11) is 1.91. The molecule has 0 spiro atoms. The maximum Gasteiger partial charge on any atom is 0.313 e. The number of hydrogen-bond donors (Lipinski definition) is 1. The molecule has 1 aromatic heterocycles. The molecule has 0 aliphatic heterocycles. The Morgan fingerprint density at radius 3 is 2.55 bits per heavy atom. The van der Waals surface area contributed by atoms with Crippen molar-refractivity contribution < 1.29 is 4.92 Å². The molecule has 1 rings (SSSR count). The van der Waals surface area contributed by atoms with Crippen molar-refractivity contribution in [3.05, 3.63) is 21.5 Å². The van der Waals surface area contributed by atoms with Crippen LogP contribution in [0.4, 0.5) is 5.69 Å². The van der Waals surface area contributed by atoms with Gasteiger partial charge in [-0.3, -0.25) is 14.8 Å². The molecule has 0 radical (unpaired) electrons. The van der Waals surface area contributed by atoms with Gasteiger partial charge in [0.05, 0.1) is 4.92 Å². The summed E-state index contributed by atoms with van der Waals surface area (Å²) in [6.07, 6.45) is 2.55. The second kappa shape index (κ2) is 7.38. The number of hydrogen-bond acceptors (Lipinski definition) is 4. The molecule has 0 fully saturated rings. The number of nitrogens with zero attached hydrogens (tertiary/aromatic N) is 3. The van der Waals surface area contributed by atoms with E-state index in [1.54, 1.807) is 11.6 Å². The zero-order valence-electron chi connectivity index (χ0n) is 13.1. The summed E-state index contributed by atoms with van der Waals surface area (Å²) in [6.45, 7) is 8.81. The molecule has 0 bridgehead atoms. The van der Waals surface area contributed by atoms with E-state index in [0.717, 1.165) is 25.1 Å². The van der Waals surface area contributed by atoms with Crippen molar-refractivity contribution in [2.45, 2.75) is 59.5 Å². The molecule has 114 valence electrons. The van der Waals surface area contributed by atoms with Crippen LogP contribution >= 0.6 is 0 Å². The summed E-state index contributed by atoms with van der Waals surface area (Å²) in [5.41, 5.74) is 1.44. The van der Waals surface area contributed by atoms with E-state index < -0.39 is 0 Å². The minimum absolute atomic E-state index is 0.183. The summed E-state index contributed by atoms with van der Waals surface area (Å²) in [4.78, 5) is 11.0. The molecule has 0 saturated heterocycles. The second-order valence-electron chi connectivity index (χ2n) is 5.68. The van der Waals surface area contributed by atoms with Crippen molar-refractivity contribution in [1.29, 1.82) is 0 Å². The third-order valence-corrected chi connectivity index (χ3v) is 3.42. The van der Waals surface area contributed by atoms with Gasteiger partial charge >= 0.3 is 5.69 Å². The highest BCUT2D eigenvalue weighted by molar-refractivity contribution is 5.41. The Bertz CT molecular complexity index is 454. The highest BCUT2D eigenvalue weighted by atomic mass is 16.6. The highest BCUT2D eigenvalue weighted by Gasteiger charge is 2.26. The van der Waals surface area contributed by atoms with Crippen molar-refractivity contribution in [2.24, 2.45) is 5.92 Å². The average Bonchev–Trinajstić information content (AvgIpc) is 2.64. The molecule has 0 aliphatic rings. The lowest BCUT2D eigenvalue weighted by atomic mass is 9.99. The molecule has 1 N–H and O–H groups in total. The molecule has 0 saturated carbocycles. The number of likely N-dealkylation sites (N-methyl/N-ethyl adjacent to an activating group) is 1. The molecule has 1 atom stereocenters. The van der Waals surface area contributed by atoms with E-state index >= 15 is 0 Å². The Hall–Kier alpha value is -1.43. The quantitative estimate of drug-likeness (QED) is 0.587. The topological polar surface area (TPSA) is 73.0 Å². The zero-order valence-corrected chi connectivity index (χ0v) is 13.1. The molecule has 1 aromatic rings. The second-order valence-corrected chi connectivity index (χ2v) is 5.68. The Kier molecular flexibility index (Phi) is 6.13. The van der Waals surface area contributed by atoms with Crippen molar-refractivity contribution in [3.63, 3.8) is 0 Å². The van der Waals surface area contributed by atoms with Crippen molar-refractivity contribution >= 4 is 5.69 Å². The van der Waals surface area contributed by atoms with Gasteiger partial charge in [-0.15, -0.1) is 0 Å². The van der Waals surface area contributed by atoms with Gasteiger partial charge in [-0.1, -0.05) is 20.8 Å². The van der Waals surface area contributed by atoms with Crippen molar-refractivity contribution in [3.8, 4) is 0 Å². The fourth-order valence-electron chi connectivity index (χ4n) is 2.56. The van der Waals surface area contributed by atoms with E-state index in [1.165, 1.54) is 0 Å². The third kappa shape index (κ3) is 4.03. The number of nitrogens with one attached hydrogen (secondary N) is 1. The van der Waals surface area contributed by atoms with Crippen LogP contribution in [-0.2, 0) is 13.0 Å². The molecule has 1 unspecified atom stereocenters. The van der Waals surface area contributed by atoms with Gasteiger partial charge in [0.25, 0.3) is 0 Å². The first-order valence-electron chi connectivity index (χ1n) is 7.28. The molecule has 6 nitrogen and oxygen atoms in total. The number of aryl methyl sites for hydroxylation is 2. The van der Waals surface area contributed by atoms with Gasteiger partial charge in [-0.25, -0.2) is 0 Å². The standard InChI is InChI=1S/C14H26N4O2/c1-6-7-17-13(9-12(15-5)8-10(2)3)14(18(19)20)11(4)16-17/h10,12,15H,6-9H2,1-5H3. The monoisotopic (exact) mass is 282 g/mol. The smallest absolute Gasteiger partial charge is 0.313 e. The Labute approximate surface area is 120 Å². The fraction of sp³-hybridized carbons (Fsp3) is 0.786. The molecular formula is C14H26N4O2. The third-order valence-electron chi connectivity index (χ3n) is 3.42. The van der Waals surface area contributed by atoms with Crippen LogP contribution in [0.5, 0.6) is 0 Å². The van der Waals surface area contributed by atoms with Crippen LogP contribution < -0.4 is 5.32 Å². The van der Waals surface area contributed by atoms with Gasteiger partial charge < -0.3 is 5.32 Å². The van der Waals surface area contributed by atoms with E-state index in [-0.39, 0.29) is 16.7 Å². The Morgan fingerprint density at radius 1 is 1.45 bits per heavy atom. The van der Waals surface area contributed by atoms with Crippen molar-refractivity contribution in [1.82, 2.24) is 15.1 Å². The number of aromatic nitrogens is 2. The SMILES string of the molecule is CCCn1nc(C)c([N+](=O)[O-])c1CC(CC(C)C)NC. The molecule has 0 aromatic carbocycles. The van der Waals surface area contributed by atoms with Crippen LogP contribution in [0.25, 0.3) is 0 Å². The van der Waals surface area contributed by atoms with Crippen LogP contribution in [0.2, 0.25) is 0 Å². The highest BCUT2D eigenvalue weighted by Crippen LogP contribution is 2.25. The van der Waals surface area contributed by atoms with E-state index in [9.17, 15) is 10.1 Å². The summed E-state index contributed by atoms with van der Waals surface area (Å²) in [5, 5.41) is 18.9. The van der Waals surface area contributed by atoms with Crippen LogP contribution in [0, 0.1) is 23.0 Å². The van der Waals surface area contributed by atoms with Crippen LogP contribution in [0.1, 0.15) is 45.0 Å². The largest absolute Gasteiger partial charge is 0.317 e. The number of rotatable bonds is 8. The minimum Gasteiger partial charge on any atom is -0.317 e. The molecule has 6 heteroatoms. The first-order valence-corrected chi connectivity index (χ1v) is 7.28. The van der Waals surface area contributed by atoms with Gasteiger partial charge in [0.2, 0.25) is 0 Å². The molecule has 0 aliphatic carbocycles. The van der Waals surface area contributed by atoms with E-state index in [1.807, 2.05) is 7.05 Å². The van der Waals surface area contributed by atoms with E-state index in [4.69, 9.17) is 0 Å². The Balaban J connectivity index is 3.09. The lowest BCUT2D eigenvalue weighted by molar-refractivity contribution is -0.386. The molecule has 1 heterocycles. The van der Waals surface area contributed by atoms with E-state index in [2.05, 4.69) is 31.2 Å². The summed E-state index contributed by atoms with van der Waals surface area (Å²) in [6, 6.07) is 0.236. The van der Waals surface area contributed by atoms with Crippen LogP contribution in [-0.4, -0.2) is 27.8 Å². The maximum atomic E-state index is 11.3. The van der Waals surface area contributed by atoms with Gasteiger partial charge in [0, 0.05) is 19.0 Å². The zero-order chi connectivity index (χ0) is 15.3. The van der Waals surface area contributed by atoms with Gasteiger partial charge in [0.15, 0.2) is 0 Å². The lowest BCUT2D eigenvalue weighted by Crippen LogP contribution is -2.30. The lowest BCUT2D eigenvalue weighted by Gasteiger charge is -2.18. The minimum atomic E-state index is -0.300. The van der Waals surface area contributed by atoms with E-state index in [0.29, 0.717) is 18.0 Å². The molecule has 20 heavy (non-hydrogen) atoms. The summed E-state index contributed by atoms with van der Waals surface area (Å²) >= 11 is 0. The van der Waals surface area contributed by atoms with Crippen LogP contribution in [0.3, 0.4) is 0 Å². The Morgan fingerprint density at radius 2 is 2.10 bits per heavy atom. The molecular weight excluding hydrogens is 256 g/mol. The maximum absolute atomic E-state index is 11.3. The average molecular weight is 282 g/mol. The summed E-state index contributed by atoms with van der Waals surface area (Å²) < 4.78 is 1.80. The fourth-order valence-corrected chi connectivity index (χ4v) is 2.56. The summed E-state index contributed by atoms with van der Waals surface area (Å²) in [5.74, 6) is 0.551. The number of nitro groups is 1. The first kappa shape index (κ1) is 16.6. The predicted octanol–water partition coefficient (Wildman–Crippen LogP) is 2.69. The predicted molar refractivity (Wildman–Crippen MR) is 79.9 cm³/mol. The van der Waals surface area contributed by atoms with Crippen LogP contribution in [0.15, 0.2) is 0 Å². The van der Waals surface area contributed by atoms with Gasteiger partial charge in [0.1, 0.15) is 11.4 Å². The first-order chi connectivity index (χ1) is 9.40.